The quantitative estimate of drug-likeness (QED) is 0.883. The second-order valence-electron chi connectivity index (χ2n) is 4.75. The number of hydrogen-bond acceptors (Lipinski definition) is 5. The van der Waals surface area contributed by atoms with Crippen molar-refractivity contribution in [2.45, 2.75) is 26.1 Å². The van der Waals surface area contributed by atoms with E-state index >= 15 is 0 Å². The lowest BCUT2D eigenvalue weighted by molar-refractivity contribution is -0.137. The molecule has 2 rings (SSSR count). The summed E-state index contributed by atoms with van der Waals surface area (Å²) in [7, 11) is 0. The van der Waals surface area contributed by atoms with Crippen molar-refractivity contribution >= 4 is 29.2 Å². The summed E-state index contributed by atoms with van der Waals surface area (Å²) < 4.78 is 38.0. The molecule has 0 aliphatic carbocycles. The molecule has 2 N–H and O–H groups in total. The molecule has 0 saturated heterocycles. The minimum Gasteiger partial charge on any atom is -0.352 e. The molecule has 0 amide bonds. The van der Waals surface area contributed by atoms with E-state index in [1.165, 1.54) is 12.1 Å². The number of rotatable bonds is 4. The van der Waals surface area contributed by atoms with Crippen LogP contribution in [0.4, 0.5) is 30.8 Å². The van der Waals surface area contributed by atoms with Crippen LogP contribution in [0.5, 0.6) is 0 Å². The lowest BCUT2D eigenvalue weighted by atomic mass is 10.2. The second-order valence-corrected chi connectivity index (χ2v) is 5.09. The number of nitrogens with one attached hydrogen (secondary N) is 2. The molecule has 0 spiro atoms. The topological polar surface area (TPSA) is 62.7 Å². The van der Waals surface area contributed by atoms with Gasteiger partial charge in [-0.3, -0.25) is 0 Å². The maximum absolute atomic E-state index is 12.7. The predicted molar refractivity (Wildman–Crippen MR) is 78.3 cm³/mol. The van der Waals surface area contributed by atoms with E-state index in [-0.39, 0.29) is 28.9 Å². The van der Waals surface area contributed by atoms with Gasteiger partial charge in [0.25, 0.3) is 0 Å². The molecule has 22 heavy (non-hydrogen) atoms. The first-order valence-corrected chi connectivity index (χ1v) is 6.74. The summed E-state index contributed by atoms with van der Waals surface area (Å²) in [6.07, 6.45) is -4.42. The van der Waals surface area contributed by atoms with Crippen molar-refractivity contribution in [3.05, 3.63) is 35.1 Å². The number of alkyl halides is 3. The van der Waals surface area contributed by atoms with E-state index in [0.717, 1.165) is 12.1 Å². The minimum atomic E-state index is -4.42. The van der Waals surface area contributed by atoms with Gasteiger partial charge in [0.15, 0.2) is 0 Å². The van der Waals surface area contributed by atoms with Crippen LogP contribution in [0.1, 0.15) is 19.4 Å². The molecular weight excluding hydrogens is 319 g/mol. The number of anilines is 3. The molecule has 1 aromatic carbocycles. The average molecular weight is 332 g/mol. The van der Waals surface area contributed by atoms with Crippen molar-refractivity contribution in [3.63, 3.8) is 0 Å². The van der Waals surface area contributed by atoms with E-state index in [4.69, 9.17) is 11.6 Å². The zero-order chi connectivity index (χ0) is 16.3. The van der Waals surface area contributed by atoms with Gasteiger partial charge in [-0.05, 0) is 43.6 Å². The van der Waals surface area contributed by atoms with Gasteiger partial charge in [-0.2, -0.15) is 28.1 Å². The fourth-order valence-electron chi connectivity index (χ4n) is 1.63. The zero-order valence-electron chi connectivity index (χ0n) is 11.7. The Hall–Kier alpha value is -2.09. The Kier molecular flexibility index (Phi) is 4.70. The zero-order valence-corrected chi connectivity index (χ0v) is 12.5. The van der Waals surface area contributed by atoms with E-state index in [0.29, 0.717) is 0 Å². The molecule has 0 bridgehead atoms. The van der Waals surface area contributed by atoms with Crippen LogP contribution >= 0.6 is 11.6 Å². The first-order chi connectivity index (χ1) is 10.2. The maximum atomic E-state index is 12.7. The molecule has 0 aliphatic heterocycles. The minimum absolute atomic E-state index is 0.0578. The van der Waals surface area contributed by atoms with Gasteiger partial charge < -0.3 is 10.6 Å². The highest BCUT2D eigenvalue weighted by molar-refractivity contribution is 6.28. The SMILES string of the molecule is CC(C)Nc1nc(Cl)nc(Nc2cccc(C(F)(F)F)c2)n1. The summed E-state index contributed by atoms with van der Waals surface area (Å²) in [5.41, 5.74) is -0.564. The van der Waals surface area contributed by atoms with Gasteiger partial charge in [-0.1, -0.05) is 6.07 Å². The van der Waals surface area contributed by atoms with Crippen molar-refractivity contribution in [1.29, 1.82) is 0 Å². The highest BCUT2D eigenvalue weighted by Gasteiger charge is 2.30. The summed E-state index contributed by atoms with van der Waals surface area (Å²) in [4.78, 5) is 11.8. The lowest BCUT2D eigenvalue weighted by Crippen LogP contribution is -2.14. The molecule has 1 aromatic heterocycles. The number of aromatic nitrogens is 3. The van der Waals surface area contributed by atoms with Crippen LogP contribution in [-0.4, -0.2) is 21.0 Å². The van der Waals surface area contributed by atoms with Crippen LogP contribution in [0.25, 0.3) is 0 Å². The molecule has 0 atom stereocenters. The molecule has 0 aliphatic rings. The highest BCUT2D eigenvalue weighted by Crippen LogP contribution is 2.31. The standard InChI is InChI=1S/C13H13ClF3N5/c1-7(2)18-11-20-10(14)21-12(22-11)19-9-5-3-4-8(6-9)13(15,16)17/h3-7H,1-2H3,(H2,18,19,20,21,22). The second kappa shape index (κ2) is 6.35. The number of nitrogens with zero attached hydrogens (tertiary/aromatic N) is 3. The van der Waals surface area contributed by atoms with Gasteiger partial charge in [-0.25, -0.2) is 0 Å². The van der Waals surface area contributed by atoms with Crippen molar-refractivity contribution in [2.75, 3.05) is 10.6 Å². The predicted octanol–water partition coefficient (Wildman–Crippen LogP) is 4.11. The van der Waals surface area contributed by atoms with E-state index < -0.39 is 11.7 Å². The third kappa shape index (κ3) is 4.45. The van der Waals surface area contributed by atoms with Crippen LogP contribution in [0, 0.1) is 0 Å². The summed E-state index contributed by atoms with van der Waals surface area (Å²) in [5, 5.41) is 5.56. The summed E-state index contributed by atoms with van der Waals surface area (Å²) in [6, 6.07) is 4.79. The normalized spacial score (nSPS) is 11.6. The maximum Gasteiger partial charge on any atom is 0.416 e. The lowest BCUT2D eigenvalue weighted by Gasteiger charge is -2.11. The van der Waals surface area contributed by atoms with Crippen LogP contribution in [0.15, 0.2) is 24.3 Å². The third-order valence-electron chi connectivity index (χ3n) is 2.47. The molecule has 118 valence electrons. The van der Waals surface area contributed by atoms with Gasteiger partial charge in [0.2, 0.25) is 17.2 Å². The fourth-order valence-corrected chi connectivity index (χ4v) is 1.79. The van der Waals surface area contributed by atoms with E-state index in [1.54, 1.807) is 0 Å². The Morgan fingerprint density at radius 2 is 1.77 bits per heavy atom. The van der Waals surface area contributed by atoms with Crippen LogP contribution in [0.3, 0.4) is 0 Å². The van der Waals surface area contributed by atoms with E-state index in [9.17, 15) is 13.2 Å². The first kappa shape index (κ1) is 16.3. The van der Waals surface area contributed by atoms with Gasteiger partial charge in [0.1, 0.15) is 0 Å². The number of halogens is 4. The fraction of sp³-hybridized carbons (Fsp3) is 0.308. The Bertz CT molecular complexity index is 660. The Balaban J connectivity index is 2.25. The van der Waals surface area contributed by atoms with Gasteiger partial charge in [-0.15, -0.1) is 0 Å². The molecular formula is C13H13ClF3N5. The number of benzene rings is 1. The summed E-state index contributed by atoms with van der Waals surface area (Å²) in [6.45, 7) is 3.77. The molecule has 0 saturated carbocycles. The van der Waals surface area contributed by atoms with Gasteiger partial charge in [0, 0.05) is 11.7 Å². The van der Waals surface area contributed by atoms with Crippen LogP contribution in [-0.2, 0) is 6.18 Å². The molecule has 9 heteroatoms. The monoisotopic (exact) mass is 331 g/mol. The van der Waals surface area contributed by atoms with Gasteiger partial charge in [0.05, 0.1) is 5.56 Å². The Morgan fingerprint density at radius 1 is 1.09 bits per heavy atom. The van der Waals surface area contributed by atoms with Crippen LogP contribution < -0.4 is 10.6 Å². The van der Waals surface area contributed by atoms with Gasteiger partial charge >= 0.3 is 6.18 Å². The smallest absolute Gasteiger partial charge is 0.352 e. The largest absolute Gasteiger partial charge is 0.416 e. The molecule has 0 fully saturated rings. The van der Waals surface area contributed by atoms with E-state index in [2.05, 4.69) is 25.6 Å². The molecule has 2 aromatic rings. The first-order valence-electron chi connectivity index (χ1n) is 6.36. The van der Waals surface area contributed by atoms with Crippen LogP contribution in [0.2, 0.25) is 5.28 Å². The Labute approximate surface area is 130 Å². The van der Waals surface area contributed by atoms with E-state index in [1.807, 2.05) is 13.8 Å². The third-order valence-corrected chi connectivity index (χ3v) is 2.64. The molecule has 0 radical (unpaired) electrons. The van der Waals surface area contributed by atoms with Crippen molar-refractivity contribution in [1.82, 2.24) is 15.0 Å². The highest BCUT2D eigenvalue weighted by atomic mass is 35.5. The molecule has 1 heterocycles. The summed E-state index contributed by atoms with van der Waals surface area (Å²) in [5.74, 6) is 0.298. The summed E-state index contributed by atoms with van der Waals surface area (Å²) >= 11 is 5.78. The van der Waals surface area contributed by atoms with Crippen molar-refractivity contribution in [2.24, 2.45) is 0 Å². The molecule has 0 unspecified atom stereocenters. The van der Waals surface area contributed by atoms with Crippen molar-refractivity contribution in [3.8, 4) is 0 Å². The Morgan fingerprint density at radius 3 is 2.41 bits per heavy atom. The van der Waals surface area contributed by atoms with Crippen molar-refractivity contribution < 1.29 is 13.2 Å². The molecule has 5 nitrogen and oxygen atoms in total. The number of hydrogen-bond donors (Lipinski definition) is 2. The average Bonchev–Trinajstić information content (AvgIpc) is 2.36.